The van der Waals surface area contributed by atoms with Gasteiger partial charge in [0.2, 0.25) is 0 Å². The molecule has 0 aliphatic carbocycles. The Morgan fingerprint density at radius 3 is 2.15 bits per heavy atom. The molecule has 2 saturated heterocycles. The average Bonchev–Trinajstić information content (AvgIpc) is 2.53. The summed E-state index contributed by atoms with van der Waals surface area (Å²) in [6.07, 6.45) is 5.72. The molecule has 0 aromatic rings. The van der Waals surface area contributed by atoms with Crippen LogP contribution in [-0.2, 0) is 0 Å². The summed E-state index contributed by atoms with van der Waals surface area (Å²) in [4.78, 5) is 5.04. The molecule has 2 rings (SSSR count). The van der Waals surface area contributed by atoms with Crippen LogP contribution in [0.25, 0.3) is 0 Å². The number of hydrogen-bond donors (Lipinski definition) is 0. The van der Waals surface area contributed by atoms with E-state index in [9.17, 15) is 0 Å². The quantitative estimate of drug-likeness (QED) is 0.605. The maximum atomic E-state index is 2.58. The highest BCUT2D eigenvalue weighted by Gasteiger charge is 2.30. The minimum absolute atomic E-state index is 0.911. The lowest BCUT2D eigenvalue weighted by atomic mass is 9.88. The van der Waals surface area contributed by atoms with Crippen molar-refractivity contribution >= 4 is 0 Å². The first-order valence-electron chi connectivity index (χ1n) is 5.66. The lowest BCUT2D eigenvalue weighted by Crippen LogP contribution is -2.40. The van der Waals surface area contributed by atoms with Crippen LogP contribution in [0, 0.1) is 5.92 Å². The Hall–Kier alpha value is -0.0800. The molecule has 0 aromatic heterocycles. The maximum Gasteiger partial charge on any atom is 0.0122 e. The minimum Gasteiger partial charge on any atom is -0.306 e. The Balaban J connectivity index is 1.86. The van der Waals surface area contributed by atoms with E-state index in [4.69, 9.17) is 0 Å². The first-order chi connectivity index (χ1) is 6.27. The topological polar surface area (TPSA) is 6.48 Å². The molecule has 0 N–H and O–H groups in total. The first kappa shape index (κ1) is 9.47. The summed E-state index contributed by atoms with van der Waals surface area (Å²) in [5, 5.41) is 0. The van der Waals surface area contributed by atoms with Gasteiger partial charge >= 0.3 is 0 Å². The van der Waals surface area contributed by atoms with E-state index < -0.39 is 0 Å². The number of likely N-dealkylation sites (tertiary alicyclic amines) is 2. The number of hydrogen-bond acceptors (Lipinski definition) is 2. The molecule has 0 aromatic carbocycles. The third-order valence-electron chi connectivity index (χ3n) is 3.88. The molecule has 0 spiro atoms. The van der Waals surface area contributed by atoms with Gasteiger partial charge in [-0.25, -0.2) is 0 Å². The van der Waals surface area contributed by atoms with Crippen molar-refractivity contribution in [1.29, 1.82) is 0 Å². The zero-order valence-electron chi connectivity index (χ0n) is 9.00. The van der Waals surface area contributed by atoms with Crippen LogP contribution in [0.2, 0.25) is 0 Å². The van der Waals surface area contributed by atoms with E-state index >= 15 is 0 Å². The molecule has 2 nitrogen and oxygen atoms in total. The Kier molecular flexibility index (Phi) is 2.89. The molecule has 2 heteroatoms. The third-order valence-corrected chi connectivity index (χ3v) is 3.88. The van der Waals surface area contributed by atoms with E-state index in [2.05, 4.69) is 23.9 Å². The number of nitrogens with zero attached hydrogens (tertiary/aromatic N) is 2. The molecule has 13 heavy (non-hydrogen) atoms. The fourth-order valence-corrected chi connectivity index (χ4v) is 2.94. The molecule has 1 atom stereocenters. The summed E-state index contributed by atoms with van der Waals surface area (Å²) in [6, 6.07) is 0.911. The van der Waals surface area contributed by atoms with E-state index in [0.29, 0.717) is 0 Å². The van der Waals surface area contributed by atoms with E-state index in [0.717, 1.165) is 12.0 Å². The lowest BCUT2D eigenvalue weighted by molar-refractivity contribution is 0.141. The Labute approximate surface area is 81.9 Å². The summed E-state index contributed by atoms with van der Waals surface area (Å²) >= 11 is 0. The molecule has 0 amide bonds. The highest BCUT2D eigenvalue weighted by Crippen LogP contribution is 2.29. The van der Waals surface area contributed by atoms with Crippen molar-refractivity contribution in [2.24, 2.45) is 5.92 Å². The van der Waals surface area contributed by atoms with Crippen LogP contribution < -0.4 is 0 Å². The molecular formula is C11H22N2. The Morgan fingerprint density at radius 2 is 1.62 bits per heavy atom. The average molecular weight is 182 g/mol. The van der Waals surface area contributed by atoms with Crippen LogP contribution in [0.1, 0.15) is 25.7 Å². The fraction of sp³-hybridized carbons (Fsp3) is 1.00. The standard InChI is InChI=1S/C11H22N2/c1-12-8-5-10(6-9-12)11-4-3-7-13(11)2/h10-11H,3-9H2,1-2H3/t11-/m1/s1. The molecular weight excluding hydrogens is 160 g/mol. The van der Waals surface area contributed by atoms with Crippen LogP contribution >= 0.6 is 0 Å². The van der Waals surface area contributed by atoms with E-state index in [-0.39, 0.29) is 0 Å². The molecule has 2 aliphatic rings. The van der Waals surface area contributed by atoms with Gasteiger partial charge in [-0.05, 0) is 65.3 Å². The Morgan fingerprint density at radius 1 is 0.923 bits per heavy atom. The van der Waals surface area contributed by atoms with Crippen LogP contribution in [0.5, 0.6) is 0 Å². The second kappa shape index (κ2) is 3.97. The second-order valence-electron chi connectivity index (χ2n) is 4.83. The molecule has 76 valence electrons. The van der Waals surface area contributed by atoms with Crippen LogP contribution in [0.15, 0.2) is 0 Å². The van der Waals surface area contributed by atoms with Crippen molar-refractivity contribution in [3.05, 3.63) is 0 Å². The number of rotatable bonds is 1. The van der Waals surface area contributed by atoms with Gasteiger partial charge in [-0.2, -0.15) is 0 Å². The minimum atomic E-state index is 0.911. The number of piperidine rings is 1. The zero-order chi connectivity index (χ0) is 9.26. The van der Waals surface area contributed by atoms with Crippen molar-refractivity contribution in [3.63, 3.8) is 0 Å². The van der Waals surface area contributed by atoms with Gasteiger partial charge in [0.25, 0.3) is 0 Å². The zero-order valence-corrected chi connectivity index (χ0v) is 9.00. The van der Waals surface area contributed by atoms with Gasteiger partial charge in [0, 0.05) is 6.04 Å². The molecule has 2 aliphatic heterocycles. The summed E-state index contributed by atoms with van der Waals surface area (Å²) in [5.41, 5.74) is 0. The highest BCUT2D eigenvalue weighted by molar-refractivity contribution is 4.85. The Bertz CT molecular complexity index is 161. The summed E-state index contributed by atoms with van der Waals surface area (Å²) < 4.78 is 0. The van der Waals surface area contributed by atoms with Crippen molar-refractivity contribution in [1.82, 2.24) is 9.80 Å². The van der Waals surface area contributed by atoms with E-state index in [1.165, 1.54) is 45.3 Å². The fourth-order valence-electron chi connectivity index (χ4n) is 2.94. The molecule has 2 fully saturated rings. The van der Waals surface area contributed by atoms with Gasteiger partial charge in [0.1, 0.15) is 0 Å². The van der Waals surface area contributed by atoms with Crippen LogP contribution in [-0.4, -0.2) is 49.6 Å². The molecule has 0 radical (unpaired) electrons. The largest absolute Gasteiger partial charge is 0.306 e. The van der Waals surface area contributed by atoms with E-state index in [1.54, 1.807) is 0 Å². The SMILES string of the molecule is CN1CCC([C@H]2CCCN2C)CC1. The molecule has 0 unspecified atom stereocenters. The highest BCUT2D eigenvalue weighted by atomic mass is 15.2. The van der Waals surface area contributed by atoms with Crippen molar-refractivity contribution in [3.8, 4) is 0 Å². The second-order valence-corrected chi connectivity index (χ2v) is 4.83. The van der Waals surface area contributed by atoms with Gasteiger partial charge < -0.3 is 9.80 Å². The van der Waals surface area contributed by atoms with Gasteiger partial charge in [-0.3, -0.25) is 0 Å². The van der Waals surface area contributed by atoms with Gasteiger partial charge in [0.05, 0.1) is 0 Å². The van der Waals surface area contributed by atoms with Gasteiger partial charge in [-0.15, -0.1) is 0 Å². The van der Waals surface area contributed by atoms with Crippen LogP contribution in [0.4, 0.5) is 0 Å². The lowest BCUT2D eigenvalue weighted by Gasteiger charge is -2.35. The molecule has 0 bridgehead atoms. The van der Waals surface area contributed by atoms with Gasteiger partial charge in [0.15, 0.2) is 0 Å². The molecule has 0 saturated carbocycles. The first-order valence-corrected chi connectivity index (χ1v) is 5.66. The summed E-state index contributed by atoms with van der Waals surface area (Å²) in [6.45, 7) is 3.96. The maximum absolute atomic E-state index is 2.58. The van der Waals surface area contributed by atoms with E-state index in [1.807, 2.05) is 0 Å². The van der Waals surface area contributed by atoms with Gasteiger partial charge in [-0.1, -0.05) is 0 Å². The van der Waals surface area contributed by atoms with Crippen LogP contribution in [0.3, 0.4) is 0 Å². The normalized spacial score (nSPS) is 34.2. The third kappa shape index (κ3) is 2.05. The predicted octanol–water partition coefficient (Wildman–Crippen LogP) is 1.42. The monoisotopic (exact) mass is 182 g/mol. The van der Waals surface area contributed by atoms with Crippen molar-refractivity contribution in [2.75, 3.05) is 33.7 Å². The van der Waals surface area contributed by atoms with Crippen molar-refractivity contribution < 1.29 is 0 Å². The summed E-state index contributed by atoms with van der Waals surface area (Å²) in [5.74, 6) is 0.990. The predicted molar refractivity (Wildman–Crippen MR) is 55.9 cm³/mol. The molecule has 2 heterocycles. The smallest absolute Gasteiger partial charge is 0.0122 e. The summed E-state index contributed by atoms with van der Waals surface area (Å²) in [7, 11) is 4.55. The van der Waals surface area contributed by atoms with Crippen molar-refractivity contribution in [2.45, 2.75) is 31.7 Å².